The lowest BCUT2D eigenvalue weighted by atomic mass is 10.3. The van der Waals surface area contributed by atoms with Crippen molar-refractivity contribution in [1.29, 1.82) is 0 Å². The third kappa shape index (κ3) is 3.18. The fraction of sp³-hybridized carbons (Fsp3) is 0.0526. The SMILES string of the molecule is Cc1nn(-c2ccccc2)c2sc(C(=O)Oc3ccc([N+](=O)[O-])cc3)cc12. The van der Waals surface area contributed by atoms with Crippen molar-refractivity contribution in [2.45, 2.75) is 6.92 Å². The van der Waals surface area contributed by atoms with E-state index in [1.807, 2.05) is 37.3 Å². The van der Waals surface area contributed by atoms with Gasteiger partial charge in [0.15, 0.2) is 0 Å². The first-order valence-electron chi connectivity index (χ1n) is 8.04. The van der Waals surface area contributed by atoms with Crippen molar-refractivity contribution >= 4 is 33.2 Å². The molecule has 0 radical (unpaired) electrons. The minimum Gasteiger partial charge on any atom is -0.422 e. The summed E-state index contributed by atoms with van der Waals surface area (Å²) in [5.74, 6) is -0.256. The van der Waals surface area contributed by atoms with E-state index in [0.29, 0.717) is 4.88 Å². The topological polar surface area (TPSA) is 87.3 Å². The highest BCUT2D eigenvalue weighted by molar-refractivity contribution is 7.20. The van der Waals surface area contributed by atoms with Crippen LogP contribution in [0, 0.1) is 17.0 Å². The molecule has 0 bridgehead atoms. The number of carbonyl (C=O) groups excluding carboxylic acids is 1. The number of nitro benzene ring substituents is 1. The van der Waals surface area contributed by atoms with Gasteiger partial charge in [-0.2, -0.15) is 5.10 Å². The molecule has 0 N–H and O–H groups in total. The zero-order valence-electron chi connectivity index (χ0n) is 14.2. The van der Waals surface area contributed by atoms with Gasteiger partial charge < -0.3 is 4.74 Å². The van der Waals surface area contributed by atoms with Crippen LogP contribution in [0.25, 0.3) is 15.9 Å². The Labute approximate surface area is 157 Å². The predicted octanol–water partition coefficient (Wildman–Crippen LogP) is 4.52. The Morgan fingerprint density at radius 1 is 1.15 bits per heavy atom. The molecule has 0 saturated heterocycles. The molecule has 0 atom stereocenters. The number of aryl methyl sites for hydroxylation is 1. The van der Waals surface area contributed by atoms with Crippen molar-refractivity contribution in [3.8, 4) is 11.4 Å². The van der Waals surface area contributed by atoms with Gasteiger partial charge >= 0.3 is 5.97 Å². The molecule has 4 rings (SSSR count). The first kappa shape index (κ1) is 16.9. The van der Waals surface area contributed by atoms with Gasteiger partial charge in [-0.05, 0) is 37.3 Å². The maximum atomic E-state index is 12.5. The van der Waals surface area contributed by atoms with E-state index >= 15 is 0 Å². The number of benzene rings is 2. The molecule has 134 valence electrons. The van der Waals surface area contributed by atoms with E-state index in [-0.39, 0.29) is 11.4 Å². The van der Waals surface area contributed by atoms with Crippen LogP contribution in [-0.2, 0) is 0 Å². The molecule has 8 heteroatoms. The number of nitro groups is 1. The standard InChI is InChI=1S/C19H13N3O4S/c1-12-16-11-17(19(23)26-15-9-7-14(8-10-15)22(24)25)27-18(16)21(20-12)13-5-3-2-4-6-13/h2-11H,1H3. The highest BCUT2D eigenvalue weighted by Gasteiger charge is 2.19. The molecule has 0 fully saturated rings. The van der Waals surface area contributed by atoms with Gasteiger partial charge in [0, 0.05) is 17.5 Å². The maximum Gasteiger partial charge on any atom is 0.353 e. The number of rotatable bonds is 4. The number of ether oxygens (including phenoxy) is 1. The molecular weight excluding hydrogens is 366 g/mol. The Hall–Kier alpha value is -3.52. The number of hydrogen-bond donors (Lipinski definition) is 0. The summed E-state index contributed by atoms with van der Waals surface area (Å²) in [7, 11) is 0. The lowest BCUT2D eigenvalue weighted by Gasteiger charge is -2.03. The normalized spacial score (nSPS) is 10.9. The van der Waals surface area contributed by atoms with Gasteiger partial charge in [-0.15, -0.1) is 11.3 Å². The zero-order chi connectivity index (χ0) is 19.0. The van der Waals surface area contributed by atoms with E-state index in [9.17, 15) is 14.9 Å². The van der Waals surface area contributed by atoms with E-state index in [1.165, 1.54) is 35.6 Å². The third-order valence-electron chi connectivity index (χ3n) is 4.00. The number of esters is 1. The van der Waals surface area contributed by atoms with Gasteiger partial charge in [0.25, 0.3) is 5.69 Å². The molecule has 7 nitrogen and oxygen atoms in total. The fourth-order valence-electron chi connectivity index (χ4n) is 2.69. The van der Waals surface area contributed by atoms with Crippen molar-refractivity contribution in [2.75, 3.05) is 0 Å². The van der Waals surface area contributed by atoms with Gasteiger partial charge in [0.1, 0.15) is 15.5 Å². The van der Waals surface area contributed by atoms with Crippen LogP contribution in [0.5, 0.6) is 5.75 Å². The minimum atomic E-state index is -0.510. The molecule has 0 amide bonds. The van der Waals surface area contributed by atoms with Crippen molar-refractivity contribution in [3.05, 3.63) is 81.3 Å². The van der Waals surface area contributed by atoms with Crippen LogP contribution in [0.4, 0.5) is 5.69 Å². The molecule has 2 aromatic heterocycles. The van der Waals surface area contributed by atoms with Crippen molar-refractivity contribution in [3.63, 3.8) is 0 Å². The maximum absolute atomic E-state index is 12.5. The van der Waals surface area contributed by atoms with E-state index in [1.54, 1.807) is 10.7 Å². The summed E-state index contributed by atoms with van der Waals surface area (Å²) in [6.07, 6.45) is 0. The molecule has 0 saturated carbocycles. The molecule has 2 heterocycles. The van der Waals surface area contributed by atoms with Gasteiger partial charge in [-0.1, -0.05) is 18.2 Å². The second-order valence-corrected chi connectivity index (χ2v) is 6.83. The number of para-hydroxylation sites is 1. The molecule has 0 aliphatic carbocycles. The number of non-ortho nitro benzene ring substituents is 1. The van der Waals surface area contributed by atoms with Crippen LogP contribution >= 0.6 is 11.3 Å². The second kappa shape index (κ2) is 6.65. The summed E-state index contributed by atoms with van der Waals surface area (Å²) in [6, 6.07) is 16.8. The lowest BCUT2D eigenvalue weighted by Crippen LogP contribution is -2.06. The van der Waals surface area contributed by atoms with E-state index < -0.39 is 10.9 Å². The Morgan fingerprint density at radius 3 is 2.52 bits per heavy atom. The molecule has 0 unspecified atom stereocenters. The number of carbonyl (C=O) groups is 1. The molecule has 0 aliphatic heterocycles. The zero-order valence-corrected chi connectivity index (χ0v) is 15.0. The summed E-state index contributed by atoms with van der Waals surface area (Å²) in [5, 5.41) is 16.1. The summed E-state index contributed by atoms with van der Waals surface area (Å²) in [5.41, 5.74) is 1.67. The highest BCUT2D eigenvalue weighted by atomic mass is 32.1. The average molecular weight is 379 g/mol. The monoisotopic (exact) mass is 379 g/mol. The molecule has 4 aromatic rings. The minimum absolute atomic E-state index is 0.0600. The van der Waals surface area contributed by atoms with E-state index in [4.69, 9.17) is 4.74 Å². The predicted molar refractivity (Wildman–Crippen MR) is 102 cm³/mol. The van der Waals surface area contributed by atoms with Crippen molar-refractivity contribution in [1.82, 2.24) is 9.78 Å². The lowest BCUT2D eigenvalue weighted by molar-refractivity contribution is -0.384. The van der Waals surface area contributed by atoms with Gasteiger partial charge in [0.05, 0.1) is 16.3 Å². The molecular formula is C19H13N3O4S. The van der Waals surface area contributed by atoms with Crippen LogP contribution in [0.2, 0.25) is 0 Å². The number of thiophene rings is 1. The van der Waals surface area contributed by atoms with Crippen molar-refractivity contribution < 1.29 is 14.5 Å². The molecule has 27 heavy (non-hydrogen) atoms. The van der Waals surface area contributed by atoms with Crippen LogP contribution in [0.15, 0.2) is 60.7 Å². The summed E-state index contributed by atoms with van der Waals surface area (Å²) in [4.78, 5) is 24.0. The Balaban J connectivity index is 1.64. The first-order valence-corrected chi connectivity index (χ1v) is 8.86. The number of nitrogens with zero attached hydrogens (tertiary/aromatic N) is 3. The first-order chi connectivity index (χ1) is 13.0. The summed E-state index contributed by atoms with van der Waals surface area (Å²) >= 11 is 1.29. The summed E-state index contributed by atoms with van der Waals surface area (Å²) < 4.78 is 7.14. The average Bonchev–Trinajstić information content (AvgIpc) is 3.24. The highest BCUT2D eigenvalue weighted by Crippen LogP contribution is 2.31. The third-order valence-corrected chi connectivity index (χ3v) is 5.10. The number of fused-ring (bicyclic) bond motifs is 1. The van der Waals surface area contributed by atoms with Gasteiger partial charge in [-0.3, -0.25) is 10.1 Å². The Bertz CT molecular complexity index is 1150. The van der Waals surface area contributed by atoms with Crippen LogP contribution in [-0.4, -0.2) is 20.7 Å². The van der Waals surface area contributed by atoms with Crippen LogP contribution < -0.4 is 4.74 Å². The summed E-state index contributed by atoms with van der Waals surface area (Å²) in [6.45, 7) is 1.89. The molecule has 0 aliphatic rings. The van der Waals surface area contributed by atoms with Gasteiger partial charge in [-0.25, -0.2) is 9.48 Å². The fourth-order valence-corrected chi connectivity index (χ4v) is 3.74. The van der Waals surface area contributed by atoms with Crippen molar-refractivity contribution in [2.24, 2.45) is 0 Å². The smallest absolute Gasteiger partial charge is 0.353 e. The quantitative estimate of drug-likeness (QED) is 0.225. The Kier molecular flexibility index (Phi) is 4.17. The van der Waals surface area contributed by atoms with E-state index in [0.717, 1.165) is 21.6 Å². The number of hydrogen-bond acceptors (Lipinski definition) is 6. The molecule has 0 spiro atoms. The van der Waals surface area contributed by atoms with E-state index in [2.05, 4.69) is 5.10 Å². The number of aromatic nitrogens is 2. The van der Waals surface area contributed by atoms with Crippen LogP contribution in [0.3, 0.4) is 0 Å². The van der Waals surface area contributed by atoms with Crippen LogP contribution in [0.1, 0.15) is 15.4 Å². The Morgan fingerprint density at radius 2 is 1.85 bits per heavy atom. The van der Waals surface area contributed by atoms with Gasteiger partial charge in [0.2, 0.25) is 0 Å². The largest absolute Gasteiger partial charge is 0.422 e. The second-order valence-electron chi connectivity index (χ2n) is 5.80. The molecule has 2 aromatic carbocycles.